The second-order valence-corrected chi connectivity index (χ2v) is 12.2. The first-order chi connectivity index (χ1) is 22.8. The highest BCUT2D eigenvalue weighted by molar-refractivity contribution is 8.00. The summed E-state index contributed by atoms with van der Waals surface area (Å²) in [5, 5.41) is 8.26. The topological polar surface area (TPSA) is 96.5 Å². The Labute approximate surface area is 279 Å². The Kier molecular flexibility index (Phi) is 11.2. The molecule has 0 saturated heterocycles. The Morgan fingerprint density at radius 2 is 1.45 bits per heavy atom. The van der Waals surface area contributed by atoms with Gasteiger partial charge >= 0.3 is 0 Å². The zero-order valence-electron chi connectivity index (χ0n) is 26.1. The van der Waals surface area contributed by atoms with E-state index in [2.05, 4.69) is 16.0 Å². The SMILES string of the molecule is Cc1ccccc1NC(=O)C(C)Sc1cccc(NC(=O)/C(=C/c2ccc(OCc3ccccc3)cc2)NC(=O)c2ccccc2)c1. The molecule has 0 aliphatic heterocycles. The molecule has 7 nitrogen and oxygen atoms in total. The maximum Gasteiger partial charge on any atom is 0.272 e. The standard InChI is InChI=1S/C39H35N3O4S/c1-27-12-9-10-19-35(27)41-37(43)28(2)47-34-18-11-17-32(25-34)40-39(45)36(42-38(44)31-15-7-4-8-16-31)24-29-20-22-33(23-21-29)46-26-30-13-5-3-6-14-30/h3-25,28H,26H2,1-2H3,(H,40,45)(H,41,43)(H,42,44)/b36-24-. The summed E-state index contributed by atoms with van der Waals surface area (Å²) in [6.07, 6.45) is 1.62. The Hall–Kier alpha value is -5.60. The van der Waals surface area contributed by atoms with Crippen LogP contribution in [-0.4, -0.2) is 23.0 Å². The molecule has 3 amide bonds. The highest BCUT2D eigenvalue weighted by atomic mass is 32.2. The van der Waals surface area contributed by atoms with E-state index < -0.39 is 11.8 Å². The molecule has 0 heterocycles. The molecule has 1 unspecified atom stereocenters. The van der Waals surface area contributed by atoms with Crippen LogP contribution in [0.2, 0.25) is 0 Å². The number of ether oxygens (including phenoxy) is 1. The molecule has 47 heavy (non-hydrogen) atoms. The molecule has 5 rings (SSSR count). The fourth-order valence-corrected chi connectivity index (χ4v) is 5.49. The van der Waals surface area contributed by atoms with Crippen molar-refractivity contribution in [3.8, 4) is 5.75 Å². The van der Waals surface area contributed by atoms with Crippen LogP contribution in [-0.2, 0) is 16.2 Å². The smallest absolute Gasteiger partial charge is 0.272 e. The predicted molar refractivity (Wildman–Crippen MR) is 189 cm³/mol. The Bertz CT molecular complexity index is 1860. The number of hydrogen-bond donors (Lipinski definition) is 3. The molecule has 5 aromatic rings. The van der Waals surface area contributed by atoms with Crippen molar-refractivity contribution in [1.29, 1.82) is 0 Å². The number of benzene rings is 5. The molecule has 0 bridgehead atoms. The zero-order chi connectivity index (χ0) is 33.0. The molecule has 236 valence electrons. The highest BCUT2D eigenvalue weighted by Gasteiger charge is 2.18. The van der Waals surface area contributed by atoms with Crippen molar-refractivity contribution in [3.05, 3.63) is 161 Å². The van der Waals surface area contributed by atoms with Gasteiger partial charge in [-0.2, -0.15) is 0 Å². The minimum atomic E-state index is -0.494. The fourth-order valence-electron chi connectivity index (χ4n) is 4.56. The second-order valence-electron chi connectivity index (χ2n) is 10.8. The fraction of sp³-hybridized carbons (Fsp3) is 0.103. The van der Waals surface area contributed by atoms with Crippen LogP contribution in [0.5, 0.6) is 5.75 Å². The molecule has 1 atom stereocenters. The number of hydrogen-bond acceptors (Lipinski definition) is 5. The number of carbonyl (C=O) groups excluding carboxylic acids is 3. The molecule has 0 aliphatic carbocycles. The summed E-state index contributed by atoms with van der Waals surface area (Å²) in [4.78, 5) is 40.4. The van der Waals surface area contributed by atoms with Gasteiger partial charge in [-0.3, -0.25) is 14.4 Å². The van der Waals surface area contributed by atoms with E-state index in [1.54, 1.807) is 42.5 Å². The summed E-state index contributed by atoms with van der Waals surface area (Å²) in [5.74, 6) is -0.343. The monoisotopic (exact) mass is 641 g/mol. The molecular weight excluding hydrogens is 607 g/mol. The number of aryl methyl sites for hydroxylation is 1. The molecule has 3 N–H and O–H groups in total. The average Bonchev–Trinajstić information content (AvgIpc) is 3.09. The first-order valence-electron chi connectivity index (χ1n) is 15.1. The van der Waals surface area contributed by atoms with Crippen LogP contribution in [0.1, 0.15) is 34.0 Å². The summed E-state index contributed by atoms with van der Waals surface area (Å²) in [7, 11) is 0. The Morgan fingerprint density at radius 3 is 2.17 bits per heavy atom. The summed E-state index contributed by atoms with van der Waals surface area (Å²) in [6, 6.07) is 40.7. The van der Waals surface area contributed by atoms with Gasteiger partial charge in [0, 0.05) is 21.8 Å². The first-order valence-corrected chi connectivity index (χ1v) is 16.0. The van der Waals surface area contributed by atoms with Crippen molar-refractivity contribution in [1.82, 2.24) is 5.32 Å². The average molecular weight is 642 g/mol. The van der Waals surface area contributed by atoms with Crippen molar-refractivity contribution >= 4 is 46.9 Å². The number of carbonyl (C=O) groups is 3. The van der Waals surface area contributed by atoms with E-state index in [-0.39, 0.29) is 16.9 Å². The van der Waals surface area contributed by atoms with Gasteiger partial charge < -0.3 is 20.7 Å². The first kappa shape index (κ1) is 32.8. The lowest BCUT2D eigenvalue weighted by atomic mass is 10.1. The third-order valence-corrected chi connectivity index (χ3v) is 8.24. The van der Waals surface area contributed by atoms with E-state index in [1.165, 1.54) is 11.8 Å². The number of rotatable bonds is 12. The van der Waals surface area contributed by atoms with Crippen LogP contribution in [0.25, 0.3) is 6.08 Å². The lowest BCUT2D eigenvalue weighted by Gasteiger charge is -2.15. The zero-order valence-corrected chi connectivity index (χ0v) is 26.9. The molecule has 0 spiro atoms. The van der Waals surface area contributed by atoms with Gasteiger partial charge in [-0.25, -0.2) is 0 Å². The van der Waals surface area contributed by atoms with Crippen LogP contribution >= 0.6 is 11.8 Å². The molecule has 8 heteroatoms. The van der Waals surface area contributed by atoms with E-state index in [1.807, 2.05) is 111 Å². The van der Waals surface area contributed by atoms with Gasteiger partial charge in [0.2, 0.25) is 5.91 Å². The van der Waals surface area contributed by atoms with E-state index in [9.17, 15) is 14.4 Å². The number of thioether (sulfide) groups is 1. The van der Waals surface area contributed by atoms with Crippen LogP contribution in [0, 0.1) is 6.92 Å². The van der Waals surface area contributed by atoms with Crippen LogP contribution in [0.3, 0.4) is 0 Å². The number of para-hydroxylation sites is 1. The van der Waals surface area contributed by atoms with Crippen molar-refractivity contribution in [2.75, 3.05) is 10.6 Å². The molecular formula is C39H35N3O4S. The van der Waals surface area contributed by atoms with Crippen molar-refractivity contribution in [2.45, 2.75) is 30.6 Å². The molecule has 0 fully saturated rings. The van der Waals surface area contributed by atoms with Gasteiger partial charge in [0.15, 0.2) is 0 Å². The lowest BCUT2D eigenvalue weighted by Crippen LogP contribution is -2.30. The van der Waals surface area contributed by atoms with Gasteiger partial charge in [-0.1, -0.05) is 84.9 Å². The van der Waals surface area contributed by atoms with Gasteiger partial charge in [0.05, 0.1) is 5.25 Å². The van der Waals surface area contributed by atoms with Crippen molar-refractivity contribution in [3.63, 3.8) is 0 Å². The number of anilines is 2. The summed E-state index contributed by atoms with van der Waals surface area (Å²) in [5.41, 5.74) is 4.54. The van der Waals surface area contributed by atoms with Gasteiger partial charge in [0.25, 0.3) is 11.8 Å². The Balaban J connectivity index is 1.29. The molecule has 0 aromatic heterocycles. The third-order valence-electron chi connectivity index (χ3n) is 7.15. The maximum atomic E-state index is 13.6. The highest BCUT2D eigenvalue weighted by Crippen LogP contribution is 2.27. The molecule has 0 saturated carbocycles. The van der Waals surface area contributed by atoms with Crippen molar-refractivity contribution in [2.24, 2.45) is 0 Å². The number of nitrogens with one attached hydrogen (secondary N) is 3. The van der Waals surface area contributed by atoms with E-state index in [4.69, 9.17) is 4.74 Å². The van der Waals surface area contributed by atoms with E-state index in [0.717, 1.165) is 21.7 Å². The second kappa shape index (κ2) is 16.1. The quantitative estimate of drug-likeness (QED) is 0.0945. The summed E-state index contributed by atoms with van der Waals surface area (Å²) in [6.45, 7) is 4.22. The molecule has 0 radical (unpaired) electrons. The predicted octanol–water partition coefficient (Wildman–Crippen LogP) is 8.10. The lowest BCUT2D eigenvalue weighted by molar-refractivity contribution is -0.115. The summed E-state index contributed by atoms with van der Waals surface area (Å²) >= 11 is 1.38. The maximum absolute atomic E-state index is 13.6. The molecule has 0 aliphatic rings. The molecule has 5 aromatic carbocycles. The van der Waals surface area contributed by atoms with Crippen LogP contribution in [0.15, 0.2) is 144 Å². The van der Waals surface area contributed by atoms with Crippen LogP contribution < -0.4 is 20.7 Å². The van der Waals surface area contributed by atoms with E-state index >= 15 is 0 Å². The van der Waals surface area contributed by atoms with Gasteiger partial charge in [0.1, 0.15) is 18.1 Å². The third kappa shape index (κ3) is 9.69. The van der Waals surface area contributed by atoms with E-state index in [0.29, 0.717) is 29.2 Å². The van der Waals surface area contributed by atoms with Gasteiger partial charge in [-0.15, -0.1) is 11.8 Å². The minimum Gasteiger partial charge on any atom is -0.489 e. The number of amides is 3. The largest absolute Gasteiger partial charge is 0.489 e. The van der Waals surface area contributed by atoms with Gasteiger partial charge in [-0.05, 0) is 85.1 Å². The normalized spacial score (nSPS) is 11.7. The Morgan fingerprint density at radius 1 is 0.766 bits per heavy atom. The summed E-state index contributed by atoms with van der Waals surface area (Å²) < 4.78 is 5.89. The minimum absolute atomic E-state index is 0.0702. The van der Waals surface area contributed by atoms with Crippen LogP contribution in [0.4, 0.5) is 11.4 Å². The van der Waals surface area contributed by atoms with Crippen molar-refractivity contribution < 1.29 is 19.1 Å².